The van der Waals surface area contributed by atoms with Gasteiger partial charge in [0.2, 0.25) is 11.8 Å². The van der Waals surface area contributed by atoms with Gasteiger partial charge >= 0.3 is 10.2 Å². The summed E-state index contributed by atoms with van der Waals surface area (Å²) in [6, 6.07) is 19.0. The molecule has 2 fully saturated rings. The molecule has 0 saturated carbocycles. The first kappa shape index (κ1) is 61.8. The number of likely N-dealkylation sites (N-methyl/N-ethyl adjacent to an activating group) is 3. The molecule has 3 aromatic carbocycles. The fraction of sp³-hybridized carbons (Fsp3) is 0.200. The molecule has 5 N–H and O–H groups in total. The molecule has 0 bridgehead atoms. The van der Waals surface area contributed by atoms with E-state index in [9.17, 15) is 52.8 Å². The van der Waals surface area contributed by atoms with Gasteiger partial charge in [-0.25, -0.2) is 17.5 Å². The number of nitrogens with zero attached hydrogens (tertiary/aromatic N) is 4. The molecule has 3 aromatic heterocycles. The van der Waals surface area contributed by atoms with Gasteiger partial charge in [0.1, 0.15) is 35.2 Å². The second-order valence-electron chi connectivity index (χ2n) is 16.5. The van der Waals surface area contributed by atoms with Crippen LogP contribution in [0, 0.1) is 17.5 Å². The average Bonchev–Trinajstić information content (AvgIpc) is 4.17. The van der Waals surface area contributed by atoms with E-state index in [-0.39, 0.29) is 45.0 Å². The van der Waals surface area contributed by atoms with Crippen LogP contribution >= 0.6 is 117 Å². The lowest BCUT2D eigenvalue weighted by Gasteiger charge is -2.35. The number of hydrogen-bond acceptors (Lipinski definition) is 12. The zero-order chi connectivity index (χ0) is 57.2. The number of nitrogens with one attached hydrogen (secondary N) is 5. The Morgan fingerprint density at radius 3 is 1.33 bits per heavy atom. The SMILES string of the molecule is CN1C(C(=O)Nc2ccc(F)c(Cl)c2)=CC(c2ccc(Br)s2)=NS1(=O)=O.CN1[C@@H](C(=O)Nc2ccc(F)c(Cl)c2)C[C@@H](c2ccc(Br)s2)NS1(=O)=O.CN1[C@H](C(=O)Nc2ccc(F)c(Cl)c2)C[C@H](c2ccc(Br)s2)NS1(=O)=O. The molecule has 4 atom stereocenters. The number of benzene rings is 3. The molecule has 2 saturated heterocycles. The Balaban J connectivity index is 0.000000170. The highest BCUT2D eigenvalue weighted by Crippen LogP contribution is 2.37. The summed E-state index contributed by atoms with van der Waals surface area (Å²) in [6.07, 6.45) is 1.88. The number of carbonyl (C=O) groups is 3. The third-order valence-corrected chi connectivity index (χ3v) is 21.9. The molecule has 3 amide bonds. The number of allylic oxidation sites excluding steroid dienone is 1. The van der Waals surface area contributed by atoms with Crippen molar-refractivity contribution in [2.45, 2.75) is 37.0 Å². The molecule has 3 aliphatic heterocycles. The van der Waals surface area contributed by atoms with Crippen LogP contribution in [0.5, 0.6) is 0 Å². The number of hydrogen-bond donors (Lipinski definition) is 5. The molecule has 78 heavy (non-hydrogen) atoms. The largest absolute Gasteiger partial charge is 0.345 e. The third-order valence-electron chi connectivity index (χ3n) is 11.4. The summed E-state index contributed by atoms with van der Waals surface area (Å²) in [7, 11) is -7.80. The smallest absolute Gasteiger partial charge is 0.325 e. The van der Waals surface area contributed by atoms with E-state index in [2.05, 4.69) is 77.6 Å². The van der Waals surface area contributed by atoms with Crippen LogP contribution in [-0.2, 0) is 45.0 Å². The summed E-state index contributed by atoms with van der Waals surface area (Å²) >= 11 is 31.2. The second-order valence-corrected chi connectivity index (χ2v) is 30.4. The average molecular weight is 1440 g/mol. The van der Waals surface area contributed by atoms with Crippen LogP contribution in [0.4, 0.5) is 30.2 Å². The van der Waals surface area contributed by atoms with E-state index >= 15 is 0 Å². The molecule has 6 heterocycles. The lowest BCUT2D eigenvalue weighted by molar-refractivity contribution is -0.120. The number of amides is 3. The molecule has 3 aliphatic rings. The van der Waals surface area contributed by atoms with Gasteiger partial charge in [-0.15, -0.1) is 38.4 Å². The normalized spacial score (nSPS) is 20.6. The lowest BCUT2D eigenvalue weighted by atomic mass is 10.1. The van der Waals surface area contributed by atoms with E-state index in [1.54, 1.807) is 12.1 Å². The minimum atomic E-state index is -4.05. The Morgan fingerprint density at radius 1 is 0.590 bits per heavy atom. The first-order valence-corrected chi connectivity index (χ1v) is 32.1. The van der Waals surface area contributed by atoms with Crippen molar-refractivity contribution in [1.82, 2.24) is 22.4 Å². The second kappa shape index (κ2) is 25.5. The molecular formula is C45H38Br3Cl3F3N9O9S6. The van der Waals surface area contributed by atoms with E-state index in [4.69, 9.17) is 34.8 Å². The monoisotopic (exact) mass is 1440 g/mol. The lowest BCUT2D eigenvalue weighted by Crippen LogP contribution is -2.55. The van der Waals surface area contributed by atoms with Crippen LogP contribution in [0.3, 0.4) is 0 Å². The van der Waals surface area contributed by atoms with E-state index in [1.165, 1.54) is 97.6 Å². The van der Waals surface area contributed by atoms with Gasteiger partial charge in [-0.3, -0.25) is 14.4 Å². The summed E-state index contributed by atoms with van der Waals surface area (Å²) in [5.41, 5.74) is 0.847. The Kier molecular flexibility index (Phi) is 20.2. The predicted octanol–water partition coefficient (Wildman–Crippen LogP) is 10.8. The van der Waals surface area contributed by atoms with Crippen molar-refractivity contribution < 1.29 is 52.8 Å². The molecule has 18 nitrogen and oxygen atoms in total. The maximum Gasteiger partial charge on any atom is 0.345 e. The summed E-state index contributed by atoms with van der Waals surface area (Å²) in [5, 5.41) is 7.27. The minimum Gasteiger partial charge on any atom is -0.325 e. The first-order valence-electron chi connectivity index (χ1n) is 21.9. The van der Waals surface area contributed by atoms with E-state index in [1.807, 2.05) is 24.3 Å². The van der Waals surface area contributed by atoms with Crippen LogP contribution in [0.2, 0.25) is 15.1 Å². The van der Waals surface area contributed by atoms with Crippen LogP contribution in [0.1, 0.15) is 39.6 Å². The molecule has 6 aromatic rings. The van der Waals surface area contributed by atoms with Crippen LogP contribution in [0.25, 0.3) is 0 Å². The zero-order valence-corrected chi connectivity index (χ0v) is 51.7. The van der Waals surface area contributed by atoms with E-state index in [0.717, 1.165) is 52.2 Å². The fourth-order valence-electron chi connectivity index (χ4n) is 7.33. The molecule has 0 unspecified atom stereocenters. The Hall–Kier alpha value is -3.83. The summed E-state index contributed by atoms with van der Waals surface area (Å²) in [4.78, 5) is 40.1. The molecule has 0 spiro atoms. The number of rotatable bonds is 9. The van der Waals surface area contributed by atoms with E-state index in [0.29, 0.717) is 16.3 Å². The van der Waals surface area contributed by atoms with Crippen molar-refractivity contribution in [2.24, 2.45) is 4.40 Å². The van der Waals surface area contributed by atoms with Gasteiger partial charge in [0.15, 0.2) is 0 Å². The number of thiophene rings is 3. The third kappa shape index (κ3) is 15.2. The molecule has 33 heteroatoms. The number of anilines is 3. The van der Waals surface area contributed by atoms with Crippen molar-refractivity contribution in [3.63, 3.8) is 0 Å². The van der Waals surface area contributed by atoms with Crippen LogP contribution in [-0.4, -0.2) is 94.8 Å². The highest BCUT2D eigenvalue weighted by Gasteiger charge is 2.43. The topological polar surface area (TPSA) is 236 Å². The molecule has 0 aliphatic carbocycles. The van der Waals surface area contributed by atoms with E-state index < -0.39 is 90.0 Å². The maximum absolute atomic E-state index is 13.3. The minimum absolute atomic E-state index is 0.125. The Labute approximate surface area is 498 Å². The van der Waals surface area contributed by atoms with Gasteiger partial charge in [0.05, 0.1) is 49.1 Å². The van der Waals surface area contributed by atoms with Crippen molar-refractivity contribution >= 4 is 188 Å². The van der Waals surface area contributed by atoms with Gasteiger partial charge in [-0.2, -0.15) is 43.3 Å². The summed E-state index contributed by atoms with van der Waals surface area (Å²) < 4.78 is 128. The standard InChI is InChI=1S/2C15H14BrClFN3O3S2.C15H10BrClFN3O3S2/c3*1-21-12(15(22)19-8-2-3-10(18)9(17)6-8)7-11(20-26(21,23)24)13-4-5-14(16)25-13/h2*2-6,11-12,20H,7H2,1H3,(H,19,22);2-7H,1H3,(H,19,22)/t2*11-,12+;/m10./s1. The highest BCUT2D eigenvalue weighted by atomic mass is 79.9. The molecular weight excluding hydrogens is 1410 g/mol. The van der Waals surface area contributed by atoms with Gasteiger partial charge in [-0.1, -0.05) is 34.8 Å². The summed E-state index contributed by atoms with van der Waals surface area (Å²) in [6.45, 7) is 0. The van der Waals surface area contributed by atoms with Crippen LogP contribution in [0.15, 0.2) is 119 Å². The Morgan fingerprint density at radius 2 is 0.974 bits per heavy atom. The maximum atomic E-state index is 13.3. The van der Waals surface area contributed by atoms with Gasteiger partial charge in [0.25, 0.3) is 26.3 Å². The van der Waals surface area contributed by atoms with Crippen molar-refractivity contribution in [3.8, 4) is 0 Å². The van der Waals surface area contributed by atoms with Gasteiger partial charge in [-0.05, 0) is 158 Å². The van der Waals surface area contributed by atoms with Crippen molar-refractivity contribution in [3.05, 3.63) is 161 Å². The zero-order valence-electron chi connectivity index (χ0n) is 39.8. The van der Waals surface area contributed by atoms with Gasteiger partial charge in [0, 0.05) is 48.0 Å². The number of carbonyl (C=O) groups excluding carboxylic acids is 3. The van der Waals surface area contributed by atoms with Crippen molar-refractivity contribution in [2.75, 3.05) is 37.1 Å². The van der Waals surface area contributed by atoms with Crippen molar-refractivity contribution in [1.29, 1.82) is 0 Å². The molecule has 416 valence electrons. The summed E-state index contributed by atoms with van der Waals surface area (Å²) in [5.74, 6) is -3.55. The first-order chi connectivity index (χ1) is 36.5. The number of halogens is 9. The Bertz CT molecular complexity index is 3570. The highest BCUT2D eigenvalue weighted by molar-refractivity contribution is 9.11. The fourth-order valence-corrected chi connectivity index (χ4v) is 15.8. The predicted molar refractivity (Wildman–Crippen MR) is 309 cm³/mol. The van der Waals surface area contributed by atoms with Gasteiger partial charge < -0.3 is 16.0 Å². The molecule has 9 rings (SSSR count). The molecule has 0 radical (unpaired) electrons. The van der Waals surface area contributed by atoms with Crippen LogP contribution < -0.4 is 25.4 Å². The quantitative estimate of drug-likeness (QED) is 0.0924.